The van der Waals surface area contributed by atoms with Gasteiger partial charge in [-0.05, 0) is 38.5 Å². The van der Waals surface area contributed by atoms with E-state index in [4.69, 9.17) is 18.9 Å². The highest BCUT2D eigenvalue weighted by Gasteiger charge is 2.50. The van der Waals surface area contributed by atoms with E-state index in [1.54, 1.807) is 12.2 Å². The van der Waals surface area contributed by atoms with Gasteiger partial charge in [-0.15, -0.1) is 0 Å². The van der Waals surface area contributed by atoms with Gasteiger partial charge in [-0.1, -0.05) is 115 Å². The van der Waals surface area contributed by atoms with E-state index in [0.29, 0.717) is 6.42 Å². The molecule has 2 aliphatic heterocycles. The van der Waals surface area contributed by atoms with Crippen LogP contribution in [0.4, 0.5) is 0 Å². The van der Waals surface area contributed by atoms with Gasteiger partial charge in [0.25, 0.3) is 0 Å². The summed E-state index contributed by atoms with van der Waals surface area (Å²) in [6.45, 7) is 2.52. The van der Waals surface area contributed by atoms with Crippen LogP contribution in [0.2, 0.25) is 0 Å². The van der Waals surface area contributed by atoms with Gasteiger partial charge < -0.3 is 65.1 Å². The highest BCUT2D eigenvalue weighted by Crippen LogP contribution is 2.29. The Morgan fingerprint density at radius 3 is 1.76 bits per heavy atom. The monoisotopic (exact) mass is 790 g/mol. The SMILES string of the molecule is CCC/C=C/C(O)C(COC1OC(CO)C(OC2OC(CO)C(O)C(O)C2O)C(O)C1O)NC(=O)CCCCCCCCC/C=C\CCCCCCCCC. The van der Waals surface area contributed by atoms with Crippen LogP contribution in [0.15, 0.2) is 24.3 Å². The van der Waals surface area contributed by atoms with E-state index in [1.807, 2.05) is 6.92 Å². The molecule has 2 heterocycles. The molecule has 0 aromatic carbocycles. The van der Waals surface area contributed by atoms with Crippen molar-refractivity contribution in [2.75, 3.05) is 19.8 Å². The Morgan fingerprint density at radius 2 is 1.18 bits per heavy atom. The van der Waals surface area contributed by atoms with Crippen LogP contribution in [0.25, 0.3) is 0 Å². The molecule has 2 fully saturated rings. The Balaban J connectivity index is 1.75. The summed E-state index contributed by atoms with van der Waals surface area (Å²) in [6, 6.07) is -0.909. The summed E-state index contributed by atoms with van der Waals surface area (Å²) in [4.78, 5) is 12.9. The fourth-order valence-corrected chi connectivity index (χ4v) is 6.82. The summed E-state index contributed by atoms with van der Waals surface area (Å²) in [5, 5.41) is 85.5. The molecular weight excluding hydrogens is 714 g/mol. The van der Waals surface area contributed by atoms with Crippen molar-refractivity contribution < 1.29 is 64.6 Å². The first-order valence-electron chi connectivity index (χ1n) is 21.1. The molecule has 322 valence electrons. The van der Waals surface area contributed by atoms with Crippen molar-refractivity contribution >= 4 is 5.91 Å². The predicted octanol–water partition coefficient (Wildman–Crippen LogP) is 3.04. The van der Waals surface area contributed by atoms with Crippen molar-refractivity contribution in [1.29, 1.82) is 0 Å². The van der Waals surface area contributed by atoms with Gasteiger partial charge in [0.1, 0.15) is 48.8 Å². The third kappa shape index (κ3) is 18.7. The Hall–Kier alpha value is -1.53. The van der Waals surface area contributed by atoms with Crippen molar-refractivity contribution in [2.45, 2.75) is 209 Å². The van der Waals surface area contributed by atoms with E-state index < -0.39 is 86.8 Å². The highest BCUT2D eigenvalue weighted by molar-refractivity contribution is 5.76. The zero-order valence-electron chi connectivity index (χ0n) is 33.4. The zero-order valence-corrected chi connectivity index (χ0v) is 33.4. The lowest BCUT2D eigenvalue weighted by atomic mass is 9.97. The first-order valence-corrected chi connectivity index (χ1v) is 21.1. The number of hydrogen-bond acceptors (Lipinski definition) is 13. The number of rotatable bonds is 30. The molecule has 2 rings (SSSR count). The van der Waals surface area contributed by atoms with Crippen molar-refractivity contribution in [3.8, 4) is 0 Å². The maximum atomic E-state index is 12.9. The molecule has 0 saturated carbocycles. The van der Waals surface area contributed by atoms with Gasteiger partial charge in [-0.2, -0.15) is 0 Å². The summed E-state index contributed by atoms with van der Waals surface area (Å²) in [5.74, 6) is -0.258. The van der Waals surface area contributed by atoms with Crippen molar-refractivity contribution in [3.63, 3.8) is 0 Å². The molecule has 0 aliphatic carbocycles. The highest BCUT2D eigenvalue weighted by atomic mass is 16.7. The van der Waals surface area contributed by atoms with E-state index in [1.165, 1.54) is 70.6 Å². The van der Waals surface area contributed by atoms with E-state index in [9.17, 15) is 45.6 Å². The molecule has 2 saturated heterocycles. The van der Waals surface area contributed by atoms with Gasteiger partial charge in [0, 0.05) is 6.42 Å². The number of amides is 1. The molecule has 1 amide bonds. The van der Waals surface area contributed by atoms with Crippen molar-refractivity contribution in [3.05, 3.63) is 24.3 Å². The van der Waals surface area contributed by atoms with E-state index in [2.05, 4.69) is 24.4 Å². The largest absolute Gasteiger partial charge is 0.394 e. The molecule has 0 bridgehead atoms. The Bertz CT molecular complexity index is 1030. The van der Waals surface area contributed by atoms with Crippen LogP contribution in [0.1, 0.15) is 136 Å². The Labute approximate surface area is 328 Å². The number of aliphatic hydroxyl groups is 8. The number of unbranched alkanes of at least 4 members (excludes halogenated alkanes) is 15. The molecule has 0 aromatic heterocycles. The number of carbonyl (C=O) groups is 1. The second kappa shape index (κ2) is 29.6. The lowest BCUT2D eigenvalue weighted by Crippen LogP contribution is -2.65. The van der Waals surface area contributed by atoms with Crippen LogP contribution in [0, 0.1) is 0 Å². The first-order chi connectivity index (χ1) is 26.6. The topological polar surface area (TPSA) is 228 Å². The number of ether oxygens (including phenoxy) is 4. The third-order valence-corrected chi connectivity index (χ3v) is 10.4. The van der Waals surface area contributed by atoms with Crippen LogP contribution in [0.3, 0.4) is 0 Å². The summed E-state index contributed by atoms with van der Waals surface area (Å²) >= 11 is 0. The summed E-state index contributed by atoms with van der Waals surface area (Å²) < 4.78 is 22.4. The number of hydrogen-bond donors (Lipinski definition) is 9. The number of allylic oxidation sites excluding steroid dienone is 3. The van der Waals surface area contributed by atoms with Gasteiger partial charge in [0.15, 0.2) is 12.6 Å². The second-order valence-corrected chi connectivity index (χ2v) is 15.1. The normalized spacial score (nSPS) is 29.9. The minimum absolute atomic E-state index is 0.258. The molecule has 0 spiro atoms. The zero-order chi connectivity index (χ0) is 40.4. The van der Waals surface area contributed by atoms with Gasteiger partial charge in [0.05, 0.1) is 32.0 Å². The summed E-state index contributed by atoms with van der Waals surface area (Å²) in [6.07, 6.45) is 12.0. The number of nitrogens with one attached hydrogen (secondary N) is 1. The quantitative estimate of drug-likeness (QED) is 0.0377. The van der Waals surface area contributed by atoms with Crippen molar-refractivity contribution in [1.82, 2.24) is 5.32 Å². The van der Waals surface area contributed by atoms with Gasteiger partial charge in [-0.3, -0.25) is 4.79 Å². The molecule has 55 heavy (non-hydrogen) atoms. The fourth-order valence-electron chi connectivity index (χ4n) is 6.82. The van der Waals surface area contributed by atoms with Gasteiger partial charge >= 0.3 is 0 Å². The van der Waals surface area contributed by atoms with Crippen LogP contribution in [-0.2, 0) is 23.7 Å². The average molecular weight is 790 g/mol. The second-order valence-electron chi connectivity index (χ2n) is 15.1. The molecule has 9 N–H and O–H groups in total. The Morgan fingerprint density at radius 1 is 0.636 bits per heavy atom. The molecule has 0 aromatic rings. The average Bonchev–Trinajstić information content (AvgIpc) is 3.18. The van der Waals surface area contributed by atoms with E-state index in [-0.39, 0.29) is 18.9 Å². The van der Waals surface area contributed by atoms with Crippen molar-refractivity contribution in [2.24, 2.45) is 0 Å². The minimum atomic E-state index is -1.78. The van der Waals surface area contributed by atoms with Crippen LogP contribution in [0.5, 0.6) is 0 Å². The van der Waals surface area contributed by atoms with E-state index in [0.717, 1.165) is 38.5 Å². The molecular formula is C41H75NO13. The first kappa shape index (κ1) is 49.6. The molecule has 14 heteroatoms. The smallest absolute Gasteiger partial charge is 0.220 e. The maximum Gasteiger partial charge on any atom is 0.220 e. The van der Waals surface area contributed by atoms with Crippen LogP contribution in [-0.4, -0.2) is 140 Å². The third-order valence-electron chi connectivity index (χ3n) is 10.4. The molecule has 12 atom stereocenters. The summed E-state index contributed by atoms with van der Waals surface area (Å²) in [5.41, 5.74) is 0. The maximum absolute atomic E-state index is 12.9. The number of aliphatic hydroxyl groups excluding tert-OH is 8. The Kier molecular flexibility index (Phi) is 26.7. The minimum Gasteiger partial charge on any atom is -0.394 e. The van der Waals surface area contributed by atoms with Gasteiger partial charge in [-0.25, -0.2) is 0 Å². The molecule has 2 aliphatic rings. The molecule has 14 nitrogen and oxygen atoms in total. The van der Waals surface area contributed by atoms with E-state index >= 15 is 0 Å². The van der Waals surface area contributed by atoms with Crippen LogP contribution >= 0.6 is 0 Å². The standard InChI is InChI=1S/C41H75NO13/c1-3-5-7-8-9-10-11-12-13-14-15-16-17-18-19-20-21-23-25-33(46)42-29(30(45)24-22-6-4-2)28-52-40-38(51)36(49)39(32(27-44)54-40)55-41-37(50)35(48)34(47)31(26-43)53-41/h13-14,22,24,29-32,34-41,43-45,47-51H,3-12,15-21,23,25-28H2,1-2H3,(H,42,46)/b14-13-,24-22+. The van der Waals surface area contributed by atoms with Gasteiger partial charge in [0.2, 0.25) is 5.91 Å². The molecule has 12 unspecified atom stereocenters. The fraction of sp³-hybridized carbons (Fsp3) is 0.878. The lowest BCUT2D eigenvalue weighted by molar-refractivity contribution is -0.359. The predicted molar refractivity (Wildman–Crippen MR) is 208 cm³/mol. The number of carbonyl (C=O) groups excluding carboxylic acids is 1. The molecule has 0 radical (unpaired) electrons. The lowest BCUT2D eigenvalue weighted by Gasteiger charge is -2.46. The van der Waals surface area contributed by atoms with Crippen LogP contribution < -0.4 is 5.32 Å². The summed E-state index contributed by atoms with van der Waals surface area (Å²) in [7, 11) is 0.